The molecule has 2 fully saturated rings. The lowest BCUT2D eigenvalue weighted by Crippen LogP contribution is -2.44. The van der Waals surface area contributed by atoms with Gasteiger partial charge >= 0.3 is 6.18 Å². The molecule has 6 rings (SSSR count). The first-order valence-electron chi connectivity index (χ1n) is 11.6. The van der Waals surface area contributed by atoms with Crippen LogP contribution in [0, 0.1) is 11.8 Å². The molecule has 0 N–H and O–H groups in total. The Labute approximate surface area is 218 Å². The molecule has 0 radical (unpaired) electrons. The van der Waals surface area contributed by atoms with Gasteiger partial charge in [0.1, 0.15) is 6.04 Å². The molecule has 3 aromatic rings. The first-order valence-corrected chi connectivity index (χ1v) is 12.4. The van der Waals surface area contributed by atoms with E-state index in [9.17, 15) is 27.6 Å². The monoisotopic (exact) mass is 566 g/mol. The molecule has 9 heteroatoms. The fourth-order valence-electron chi connectivity index (χ4n) is 5.72. The molecule has 0 unspecified atom stereocenters. The highest BCUT2D eigenvalue weighted by Crippen LogP contribution is 2.53. The minimum Gasteiger partial charge on any atom is -0.358 e. The molecule has 0 aliphatic carbocycles. The van der Waals surface area contributed by atoms with E-state index in [1.54, 1.807) is 35.4 Å². The summed E-state index contributed by atoms with van der Waals surface area (Å²) >= 11 is 3.35. The van der Waals surface area contributed by atoms with Crippen LogP contribution in [0.2, 0.25) is 0 Å². The average molecular weight is 567 g/mol. The Bertz CT molecular complexity index is 1480. The van der Waals surface area contributed by atoms with Crippen LogP contribution in [0.1, 0.15) is 33.1 Å². The smallest absolute Gasteiger partial charge is 0.358 e. The van der Waals surface area contributed by atoms with Crippen LogP contribution in [0.25, 0.3) is 6.08 Å². The SMILES string of the molecule is O=C(c1ccc(Br)cc1)[C@H]1[C@H]2C(=O)N(c3cccc(C(F)(F)F)c3)C(=O)[C@@H]2[C@H]2c3ccccc3C=CN21. The van der Waals surface area contributed by atoms with E-state index in [-0.39, 0.29) is 11.5 Å². The first-order chi connectivity index (χ1) is 17.7. The number of nitrogens with zero attached hydrogens (tertiary/aromatic N) is 2. The van der Waals surface area contributed by atoms with Crippen molar-refractivity contribution in [2.75, 3.05) is 4.90 Å². The largest absolute Gasteiger partial charge is 0.416 e. The standard InChI is InChI=1S/C28H18BrF3N2O3/c29-18-10-8-16(9-11-18)25(35)24-22-21(23-20-7-2-1-4-15(20)12-13-33(23)24)26(36)34(27(22)37)19-6-3-5-17(14-19)28(30,31)32/h1-14,21-24H/t21-,22-,23+,24+/m0/s1. The second-order valence-electron chi connectivity index (χ2n) is 9.26. The number of halogens is 4. The van der Waals surface area contributed by atoms with E-state index in [0.29, 0.717) is 5.56 Å². The van der Waals surface area contributed by atoms with Gasteiger partial charge in [-0.2, -0.15) is 13.2 Å². The summed E-state index contributed by atoms with van der Waals surface area (Å²) in [5, 5.41) is 0. The van der Waals surface area contributed by atoms with Crippen LogP contribution in [0.4, 0.5) is 18.9 Å². The lowest BCUT2D eigenvalue weighted by atomic mass is 9.83. The van der Waals surface area contributed by atoms with Crippen LogP contribution in [0.5, 0.6) is 0 Å². The maximum atomic E-state index is 13.8. The van der Waals surface area contributed by atoms with E-state index in [0.717, 1.165) is 32.6 Å². The Morgan fingerprint density at radius 3 is 2.30 bits per heavy atom. The zero-order chi connectivity index (χ0) is 26.1. The van der Waals surface area contributed by atoms with Gasteiger partial charge in [0.05, 0.1) is 29.1 Å². The van der Waals surface area contributed by atoms with Crippen molar-refractivity contribution in [3.63, 3.8) is 0 Å². The van der Waals surface area contributed by atoms with Crippen molar-refractivity contribution in [3.05, 3.63) is 106 Å². The first kappa shape index (κ1) is 23.7. The van der Waals surface area contributed by atoms with Gasteiger partial charge in [-0.25, -0.2) is 4.90 Å². The van der Waals surface area contributed by atoms with Crippen molar-refractivity contribution < 1.29 is 27.6 Å². The molecule has 4 atom stereocenters. The zero-order valence-electron chi connectivity index (χ0n) is 19.0. The van der Waals surface area contributed by atoms with Crippen molar-refractivity contribution in [2.24, 2.45) is 11.8 Å². The second kappa shape index (κ2) is 8.41. The molecule has 3 aromatic carbocycles. The lowest BCUT2D eigenvalue weighted by Gasteiger charge is -2.35. The van der Waals surface area contributed by atoms with Crippen LogP contribution in [0.3, 0.4) is 0 Å². The minimum atomic E-state index is -4.64. The number of carbonyl (C=O) groups excluding carboxylic acids is 3. The summed E-state index contributed by atoms with van der Waals surface area (Å²) in [6.07, 6.45) is -1.06. The molecule has 0 saturated carbocycles. The lowest BCUT2D eigenvalue weighted by molar-refractivity contribution is -0.137. The van der Waals surface area contributed by atoms with E-state index >= 15 is 0 Å². The van der Waals surface area contributed by atoms with Gasteiger partial charge in [0.25, 0.3) is 0 Å². The number of Topliss-reactive ketones (excluding diaryl/α,β-unsaturated/α-hetero) is 1. The minimum absolute atomic E-state index is 0.153. The fraction of sp³-hybridized carbons (Fsp3) is 0.179. The van der Waals surface area contributed by atoms with E-state index in [1.807, 2.05) is 30.3 Å². The highest BCUT2D eigenvalue weighted by molar-refractivity contribution is 9.10. The van der Waals surface area contributed by atoms with Crippen molar-refractivity contribution in [1.29, 1.82) is 0 Å². The number of hydrogen-bond acceptors (Lipinski definition) is 4. The third-order valence-electron chi connectivity index (χ3n) is 7.29. The Morgan fingerprint density at radius 1 is 0.865 bits per heavy atom. The van der Waals surface area contributed by atoms with Gasteiger partial charge in [-0.3, -0.25) is 14.4 Å². The maximum absolute atomic E-state index is 13.8. The highest BCUT2D eigenvalue weighted by atomic mass is 79.9. The number of amides is 2. The van der Waals surface area contributed by atoms with Gasteiger partial charge in [-0.15, -0.1) is 0 Å². The zero-order valence-corrected chi connectivity index (χ0v) is 20.6. The van der Waals surface area contributed by atoms with E-state index in [1.165, 1.54) is 12.1 Å². The topological polar surface area (TPSA) is 57.7 Å². The normalized spacial score (nSPS) is 24.2. The summed E-state index contributed by atoms with van der Waals surface area (Å²) in [6.45, 7) is 0. The molecule has 3 heterocycles. The van der Waals surface area contributed by atoms with Gasteiger partial charge < -0.3 is 4.90 Å². The number of imide groups is 1. The van der Waals surface area contributed by atoms with Crippen molar-refractivity contribution in [3.8, 4) is 0 Å². The van der Waals surface area contributed by atoms with Crippen molar-refractivity contribution >= 4 is 45.3 Å². The number of alkyl halides is 3. The van der Waals surface area contributed by atoms with Gasteiger partial charge in [-0.1, -0.05) is 58.4 Å². The summed E-state index contributed by atoms with van der Waals surface area (Å²) in [7, 11) is 0. The molecule has 3 aliphatic heterocycles. The molecule has 3 aliphatic rings. The van der Waals surface area contributed by atoms with Crippen molar-refractivity contribution in [1.82, 2.24) is 4.90 Å². The number of hydrogen-bond donors (Lipinski definition) is 0. The van der Waals surface area contributed by atoms with Gasteiger partial charge in [0.2, 0.25) is 11.8 Å². The summed E-state index contributed by atoms with van der Waals surface area (Å²) in [6, 6.07) is 16.7. The number of ketones is 1. The quantitative estimate of drug-likeness (QED) is 0.294. The predicted octanol–water partition coefficient (Wildman–Crippen LogP) is 5.87. The van der Waals surface area contributed by atoms with Crippen LogP contribution in [-0.2, 0) is 15.8 Å². The van der Waals surface area contributed by atoms with Crippen LogP contribution in [0.15, 0.2) is 83.5 Å². The molecule has 186 valence electrons. The second-order valence-corrected chi connectivity index (χ2v) is 10.2. The fourth-order valence-corrected chi connectivity index (χ4v) is 5.98. The Morgan fingerprint density at radius 2 is 1.57 bits per heavy atom. The highest BCUT2D eigenvalue weighted by Gasteiger charge is 2.64. The van der Waals surface area contributed by atoms with E-state index in [2.05, 4.69) is 15.9 Å². The van der Waals surface area contributed by atoms with Gasteiger partial charge in [0.15, 0.2) is 5.78 Å². The van der Waals surface area contributed by atoms with Gasteiger partial charge in [-0.05, 0) is 47.5 Å². The molecular formula is C28H18BrF3N2O3. The maximum Gasteiger partial charge on any atom is 0.416 e. The number of anilines is 1. The predicted molar refractivity (Wildman–Crippen MR) is 133 cm³/mol. The van der Waals surface area contributed by atoms with Crippen LogP contribution in [-0.4, -0.2) is 28.5 Å². The van der Waals surface area contributed by atoms with E-state index < -0.39 is 47.5 Å². The van der Waals surface area contributed by atoms with Crippen LogP contribution < -0.4 is 4.90 Å². The molecule has 0 aromatic heterocycles. The number of rotatable bonds is 3. The van der Waals surface area contributed by atoms with Crippen molar-refractivity contribution in [2.45, 2.75) is 18.3 Å². The molecule has 5 nitrogen and oxygen atoms in total. The summed E-state index contributed by atoms with van der Waals surface area (Å²) in [4.78, 5) is 44.1. The van der Waals surface area contributed by atoms with E-state index in [4.69, 9.17) is 0 Å². The molecule has 2 amide bonds. The molecule has 2 saturated heterocycles. The number of fused-ring (bicyclic) bond motifs is 5. The van der Waals surface area contributed by atoms with Gasteiger partial charge in [0, 0.05) is 16.2 Å². The Balaban J connectivity index is 1.48. The number of carbonyl (C=O) groups is 3. The molecule has 0 bridgehead atoms. The van der Waals surface area contributed by atoms with Crippen LogP contribution >= 0.6 is 15.9 Å². The molecule has 37 heavy (non-hydrogen) atoms. The average Bonchev–Trinajstić information content (AvgIpc) is 3.36. The summed E-state index contributed by atoms with van der Waals surface area (Å²) in [5.74, 6) is -3.61. The summed E-state index contributed by atoms with van der Waals surface area (Å²) in [5.41, 5.74) is 0.908. The Hall–Kier alpha value is -3.72. The Kier molecular flexibility index (Phi) is 5.38. The third kappa shape index (κ3) is 3.63. The third-order valence-corrected chi connectivity index (χ3v) is 7.82. The molecule has 0 spiro atoms. The number of benzene rings is 3. The summed E-state index contributed by atoms with van der Waals surface area (Å²) < 4.78 is 41.0. The molecular weight excluding hydrogens is 549 g/mol.